The van der Waals surface area contributed by atoms with Gasteiger partial charge in [0.15, 0.2) is 0 Å². The lowest BCUT2D eigenvalue weighted by Gasteiger charge is -2.23. The lowest BCUT2D eigenvalue weighted by molar-refractivity contribution is -0.133. The Morgan fingerprint density at radius 3 is 2.58 bits per heavy atom. The molecule has 1 N–H and O–H groups in total. The maximum Gasteiger partial charge on any atom is 0.339 e. The van der Waals surface area contributed by atoms with E-state index in [-0.39, 0.29) is 18.0 Å². The average molecular weight is 392 g/mol. The Labute approximate surface area is 148 Å². The number of carbonyl (C=O) groups is 2. The number of halogens is 1. The van der Waals surface area contributed by atoms with Crippen LogP contribution in [-0.2, 0) is 16.8 Å². The summed E-state index contributed by atoms with van der Waals surface area (Å²) >= 11 is 3.45. The molecular weight excluding hydrogens is 374 g/mol. The number of carboxylic acids is 1. The predicted octanol–water partition coefficient (Wildman–Crippen LogP) is 3.74. The molecule has 1 aromatic heterocycles. The standard InChI is InChI=1S/C18H18BrNO4/c1-11-15(16(21)22)9-14(24-11)10-20(2)17(23)18(6-7-18)12-4-3-5-13(19)8-12/h3-5,8-9H,6-7,10H2,1-2H3,(H,21,22). The lowest BCUT2D eigenvalue weighted by Crippen LogP contribution is -2.36. The van der Waals surface area contributed by atoms with Crippen LogP contribution in [0, 0.1) is 6.92 Å². The maximum absolute atomic E-state index is 12.9. The van der Waals surface area contributed by atoms with Crippen molar-refractivity contribution in [3.63, 3.8) is 0 Å². The fraction of sp³-hybridized carbons (Fsp3) is 0.333. The number of carboxylic acid groups (broad SMARTS) is 1. The second-order valence-electron chi connectivity index (χ2n) is 6.24. The van der Waals surface area contributed by atoms with E-state index in [0.29, 0.717) is 11.5 Å². The molecule has 6 heteroatoms. The van der Waals surface area contributed by atoms with Crippen LogP contribution < -0.4 is 0 Å². The number of nitrogens with zero attached hydrogens (tertiary/aromatic N) is 1. The molecule has 2 aromatic rings. The van der Waals surface area contributed by atoms with E-state index in [1.54, 1.807) is 18.9 Å². The maximum atomic E-state index is 12.9. The molecule has 1 fully saturated rings. The summed E-state index contributed by atoms with van der Waals surface area (Å²) in [6.07, 6.45) is 1.65. The molecule has 1 aromatic carbocycles. The minimum absolute atomic E-state index is 0.0338. The molecule has 0 unspecified atom stereocenters. The summed E-state index contributed by atoms with van der Waals surface area (Å²) in [5.41, 5.74) is 0.685. The molecule has 1 aliphatic carbocycles. The first-order chi connectivity index (χ1) is 11.3. The number of amides is 1. The van der Waals surface area contributed by atoms with Crippen LogP contribution >= 0.6 is 15.9 Å². The van der Waals surface area contributed by atoms with Crippen LogP contribution in [0.2, 0.25) is 0 Å². The van der Waals surface area contributed by atoms with Gasteiger partial charge in [-0.3, -0.25) is 4.79 Å². The summed E-state index contributed by atoms with van der Waals surface area (Å²) < 4.78 is 6.43. The molecule has 5 nitrogen and oxygen atoms in total. The van der Waals surface area contributed by atoms with Gasteiger partial charge in [0.2, 0.25) is 5.91 Å². The Morgan fingerprint density at radius 1 is 1.33 bits per heavy atom. The number of aryl methyl sites for hydroxylation is 1. The predicted molar refractivity (Wildman–Crippen MR) is 91.9 cm³/mol. The number of hydrogen-bond donors (Lipinski definition) is 1. The van der Waals surface area contributed by atoms with Crippen LogP contribution in [0.15, 0.2) is 39.2 Å². The molecule has 0 bridgehead atoms. The average Bonchev–Trinajstić information content (AvgIpc) is 3.25. The summed E-state index contributed by atoms with van der Waals surface area (Å²) in [4.78, 5) is 25.6. The topological polar surface area (TPSA) is 70.8 Å². The molecule has 0 aliphatic heterocycles. The highest BCUT2D eigenvalue weighted by Crippen LogP contribution is 2.50. The van der Waals surface area contributed by atoms with Crippen molar-refractivity contribution in [1.82, 2.24) is 4.90 Å². The quantitative estimate of drug-likeness (QED) is 0.842. The van der Waals surface area contributed by atoms with E-state index in [0.717, 1.165) is 22.9 Å². The van der Waals surface area contributed by atoms with Crippen molar-refractivity contribution in [2.45, 2.75) is 31.7 Å². The third kappa shape index (κ3) is 2.98. The minimum Gasteiger partial charge on any atom is -0.478 e. The molecule has 0 radical (unpaired) electrons. The Morgan fingerprint density at radius 2 is 2.04 bits per heavy atom. The molecule has 0 spiro atoms. The summed E-state index contributed by atoms with van der Waals surface area (Å²) in [7, 11) is 1.72. The molecule has 1 amide bonds. The van der Waals surface area contributed by atoms with Crippen LogP contribution in [0.5, 0.6) is 0 Å². The minimum atomic E-state index is -1.02. The zero-order valence-corrected chi connectivity index (χ0v) is 15.1. The first kappa shape index (κ1) is 16.8. The van der Waals surface area contributed by atoms with Gasteiger partial charge in [0, 0.05) is 11.5 Å². The van der Waals surface area contributed by atoms with Crippen molar-refractivity contribution >= 4 is 27.8 Å². The SMILES string of the molecule is Cc1oc(CN(C)C(=O)C2(c3cccc(Br)c3)CC2)cc1C(=O)O. The molecule has 0 saturated heterocycles. The fourth-order valence-corrected chi connectivity index (χ4v) is 3.44. The highest BCUT2D eigenvalue weighted by atomic mass is 79.9. The van der Waals surface area contributed by atoms with Crippen LogP contribution in [-0.4, -0.2) is 28.9 Å². The molecule has 24 heavy (non-hydrogen) atoms. The number of furan rings is 1. The van der Waals surface area contributed by atoms with Gasteiger partial charge in [-0.05, 0) is 43.5 Å². The second kappa shape index (κ2) is 6.09. The number of carbonyl (C=O) groups excluding carboxylic acids is 1. The lowest BCUT2D eigenvalue weighted by atomic mass is 9.94. The number of likely N-dealkylation sites (N-methyl/N-ethyl adjacent to an activating group) is 1. The zero-order valence-electron chi connectivity index (χ0n) is 13.5. The van der Waals surface area contributed by atoms with E-state index < -0.39 is 11.4 Å². The smallest absolute Gasteiger partial charge is 0.339 e. The van der Waals surface area contributed by atoms with Crippen molar-refractivity contribution in [2.75, 3.05) is 7.05 Å². The summed E-state index contributed by atoms with van der Waals surface area (Å²) in [6.45, 7) is 1.86. The van der Waals surface area contributed by atoms with Gasteiger partial charge >= 0.3 is 5.97 Å². The van der Waals surface area contributed by atoms with Gasteiger partial charge in [-0.25, -0.2) is 4.79 Å². The highest BCUT2D eigenvalue weighted by Gasteiger charge is 2.52. The molecular formula is C18H18BrNO4. The van der Waals surface area contributed by atoms with E-state index >= 15 is 0 Å². The normalized spacial score (nSPS) is 15.1. The van der Waals surface area contributed by atoms with Crippen molar-refractivity contribution in [1.29, 1.82) is 0 Å². The van der Waals surface area contributed by atoms with Crippen LogP contribution in [0.3, 0.4) is 0 Å². The second-order valence-corrected chi connectivity index (χ2v) is 7.16. The Hall–Kier alpha value is -2.08. The van der Waals surface area contributed by atoms with E-state index in [4.69, 9.17) is 9.52 Å². The van der Waals surface area contributed by atoms with Crippen LogP contribution in [0.1, 0.15) is 40.3 Å². The largest absolute Gasteiger partial charge is 0.478 e. The van der Waals surface area contributed by atoms with Gasteiger partial charge < -0.3 is 14.4 Å². The number of benzene rings is 1. The van der Waals surface area contributed by atoms with Crippen molar-refractivity contribution < 1.29 is 19.1 Å². The Balaban J connectivity index is 1.78. The van der Waals surface area contributed by atoms with E-state index in [9.17, 15) is 9.59 Å². The van der Waals surface area contributed by atoms with Crippen molar-refractivity contribution in [3.05, 3.63) is 57.5 Å². The number of rotatable bonds is 5. The van der Waals surface area contributed by atoms with Crippen LogP contribution in [0.4, 0.5) is 0 Å². The molecule has 1 saturated carbocycles. The van der Waals surface area contributed by atoms with E-state index in [1.807, 2.05) is 24.3 Å². The number of hydrogen-bond acceptors (Lipinski definition) is 3. The van der Waals surface area contributed by atoms with E-state index in [1.165, 1.54) is 6.07 Å². The van der Waals surface area contributed by atoms with Gasteiger partial charge in [0.1, 0.15) is 17.1 Å². The fourth-order valence-electron chi connectivity index (χ4n) is 3.04. The molecule has 1 aliphatic rings. The summed E-state index contributed by atoms with van der Waals surface area (Å²) in [5, 5.41) is 9.09. The van der Waals surface area contributed by atoms with Crippen molar-refractivity contribution in [3.8, 4) is 0 Å². The molecule has 0 atom stereocenters. The van der Waals surface area contributed by atoms with Gasteiger partial charge in [-0.2, -0.15) is 0 Å². The van der Waals surface area contributed by atoms with Gasteiger partial charge in [-0.1, -0.05) is 28.1 Å². The molecule has 126 valence electrons. The highest BCUT2D eigenvalue weighted by molar-refractivity contribution is 9.10. The third-order valence-corrected chi connectivity index (χ3v) is 4.97. The summed E-state index contributed by atoms with van der Waals surface area (Å²) in [5.74, 6) is -0.159. The van der Waals surface area contributed by atoms with E-state index in [2.05, 4.69) is 15.9 Å². The number of aromatic carboxylic acids is 1. The zero-order chi connectivity index (χ0) is 17.5. The van der Waals surface area contributed by atoms with Gasteiger partial charge in [0.25, 0.3) is 0 Å². The Bertz CT molecular complexity index is 807. The monoisotopic (exact) mass is 391 g/mol. The first-order valence-electron chi connectivity index (χ1n) is 7.68. The molecule has 1 heterocycles. The van der Waals surface area contributed by atoms with Gasteiger partial charge in [-0.15, -0.1) is 0 Å². The van der Waals surface area contributed by atoms with Gasteiger partial charge in [0.05, 0.1) is 12.0 Å². The first-order valence-corrected chi connectivity index (χ1v) is 8.47. The van der Waals surface area contributed by atoms with Crippen molar-refractivity contribution in [2.24, 2.45) is 0 Å². The third-order valence-electron chi connectivity index (χ3n) is 4.48. The van der Waals surface area contributed by atoms with Crippen LogP contribution in [0.25, 0.3) is 0 Å². The summed E-state index contributed by atoms with van der Waals surface area (Å²) in [6, 6.07) is 9.32. The molecule has 3 rings (SSSR count). The Kier molecular flexibility index (Phi) is 4.25.